The summed E-state index contributed by atoms with van der Waals surface area (Å²) >= 11 is 0. The Hall–Kier alpha value is -2.96. The molecule has 0 aliphatic carbocycles. The van der Waals surface area contributed by atoms with E-state index < -0.39 is 15.6 Å². The molecule has 20 nitrogen and oxygen atoms in total. The van der Waals surface area contributed by atoms with Crippen LogP contribution < -0.4 is 32.4 Å². The van der Waals surface area contributed by atoms with E-state index in [1.165, 1.54) is 0 Å². The van der Waals surface area contributed by atoms with Gasteiger partial charge in [0.1, 0.15) is 0 Å². The van der Waals surface area contributed by atoms with Gasteiger partial charge in [0.15, 0.2) is 0 Å². The number of aromatic nitrogens is 6. The molecule has 2 rings (SSSR count). The summed E-state index contributed by atoms with van der Waals surface area (Å²) in [6.07, 6.45) is 0.872. The molecule has 14 N–H and O–H groups in total. The minimum atomic E-state index is -4.64. The summed E-state index contributed by atoms with van der Waals surface area (Å²) in [7, 11) is -9.28. The molecule has 34 heavy (non-hydrogen) atoms. The second-order valence-electron chi connectivity index (χ2n) is 5.71. The standard InChI is InChI=1S/2C6H11N5O.2H3O4P/c1-3(2)12-6-10-4(7)9-5(8)11-6;1-2-3-12-6-10-4(7)9-5(8)11-6;2*1-5(2,3)4/h3H,1-2H3,(H4,7,8,9,10,11);2-3H2,1H3,(H4,7,8,9,10,11);2*(H3,1,2,3,4). The Labute approximate surface area is 192 Å². The number of nitrogens with zero attached hydrogens (tertiary/aromatic N) is 6. The van der Waals surface area contributed by atoms with Gasteiger partial charge in [0, 0.05) is 0 Å². The van der Waals surface area contributed by atoms with Crippen LogP contribution in [0, 0.1) is 0 Å². The summed E-state index contributed by atoms with van der Waals surface area (Å²) in [6, 6.07) is 0.344. The van der Waals surface area contributed by atoms with Gasteiger partial charge in [0.05, 0.1) is 12.7 Å². The van der Waals surface area contributed by atoms with Gasteiger partial charge < -0.3 is 61.8 Å². The van der Waals surface area contributed by atoms with Crippen LogP contribution in [0.4, 0.5) is 23.8 Å². The largest absolute Gasteiger partial charge is 0.466 e. The number of nitrogen functional groups attached to an aromatic ring is 4. The van der Waals surface area contributed by atoms with E-state index in [0.29, 0.717) is 6.61 Å². The third kappa shape index (κ3) is 27.1. The van der Waals surface area contributed by atoms with Crippen LogP contribution in [0.2, 0.25) is 0 Å². The molecule has 0 spiro atoms. The van der Waals surface area contributed by atoms with Crippen LogP contribution in [-0.4, -0.2) is 72.0 Å². The molecule has 0 radical (unpaired) electrons. The molecular formula is C12H28N10O10P2. The SMILES string of the molecule is CC(C)Oc1nc(N)nc(N)n1.CCCOc1nc(N)nc(N)n1.O=P(O)(O)O.O=P(O)(O)O. The third-order valence-corrected chi connectivity index (χ3v) is 2.08. The van der Waals surface area contributed by atoms with Crippen molar-refractivity contribution in [1.29, 1.82) is 0 Å². The van der Waals surface area contributed by atoms with Crippen molar-refractivity contribution in [2.75, 3.05) is 29.5 Å². The summed E-state index contributed by atoms with van der Waals surface area (Å²) in [5, 5.41) is 0. The molecule has 2 heterocycles. The van der Waals surface area contributed by atoms with Crippen molar-refractivity contribution in [1.82, 2.24) is 29.9 Å². The van der Waals surface area contributed by atoms with Crippen LogP contribution in [-0.2, 0) is 9.13 Å². The predicted molar refractivity (Wildman–Crippen MR) is 117 cm³/mol. The van der Waals surface area contributed by atoms with Crippen LogP contribution in [0.5, 0.6) is 12.0 Å². The molecule has 196 valence electrons. The smallest absolute Gasteiger partial charge is 0.463 e. The molecule has 0 saturated heterocycles. The van der Waals surface area contributed by atoms with E-state index in [4.69, 9.17) is 70.9 Å². The first-order chi connectivity index (χ1) is 15.3. The summed E-state index contributed by atoms with van der Waals surface area (Å²) in [5.41, 5.74) is 21.2. The summed E-state index contributed by atoms with van der Waals surface area (Å²) in [6.45, 7) is 6.24. The van der Waals surface area contributed by atoms with Crippen LogP contribution in [0.3, 0.4) is 0 Å². The van der Waals surface area contributed by atoms with E-state index in [0.717, 1.165) is 6.42 Å². The lowest BCUT2D eigenvalue weighted by Gasteiger charge is -2.07. The van der Waals surface area contributed by atoms with Crippen molar-refractivity contribution in [3.63, 3.8) is 0 Å². The zero-order valence-electron chi connectivity index (χ0n) is 18.2. The van der Waals surface area contributed by atoms with Crippen molar-refractivity contribution in [3.05, 3.63) is 0 Å². The van der Waals surface area contributed by atoms with Gasteiger partial charge in [-0.15, -0.1) is 0 Å². The minimum absolute atomic E-state index is 0.00815. The first-order valence-corrected chi connectivity index (χ1v) is 11.8. The second kappa shape index (κ2) is 15.8. The highest BCUT2D eigenvalue weighted by Gasteiger charge is 2.04. The van der Waals surface area contributed by atoms with Crippen LogP contribution in [0.1, 0.15) is 27.2 Å². The monoisotopic (exact) mass is 534 g/mol. The molecule has 2 aromatic rings. The lowest BCUT2D eigenvalue weighted by molar-refractivity contribution is 0.222. The Balaban J connectivity index is 0. The molecule has 0 atom stereocenters. The maximum absolute atomic E-state index is 8.88. The minimum Gasteiger partial charge on any atom is -0.463 e. The van der Waals surface area contributed by atoms with Crippen molar-refractivity contribution in [2.45, 2.75) is 33.3 Å². The average Bonchev–Trinajstić information content (AvgIpc) is 2.55. The Kier molecular flexibility index (Phi) is 15.4. The number of ether oxygens (including phenoxy) is 2. The average molecular weight is 534 g/mol. The molecule has 0 amide bonds. The summed E-state index contributed by atoms with van der Waals surface area (Å²) < 4.78 is 28.0. The summed E-state index contributed by atoms with van der Waals surface area (Å²) in [5.74, 6) is 0.290. The molecule has 0 aliphatic rings. The zero-order valence-corrected chi connectivity index (χ0v) is 20.0. The fourth-order valence-electron chi connectivity index (χ4n) is 1.30. The molecule has 0 fully saturated rings. The van der Waals surface area contributed by atoms with Gasteiger partial charge in [0.2, 0.25) is 23.8 Å². The van der Waals surface area contributed by atoms with E-state index >= 15 is 0 Å². The quantitative estimate of drug-likeness (QED) is 0.182. The Morgan fingerprint density at radius 2 is 1.00 bits per heavy atom. The number of nitrogens with two attached hydrogens (primary N) is 4. The van der Waals surface area contributed by atoms with Gasteiger partial charge in [-0.25, -0.2) is 9.13 Å². The van der Waals surface area contributed by atoms with E-state index in [9.17, 15) is 0 Å². The first-order valence-electron chi connectivity index (χ1n) is 8.70. The van der Waals surface area contributed by atoms with Gasteiger partial charge in [-0.3, -0.25) is 0 Å². The molecule has 0 aromatic carbocycles. The number of hydrogen-bond acceptors (Lipinski definition) is 14. The number of anilines is 4. The topological polar surface area (TPSA) is 355 Å². The van der Waals surface area contributed by atoms with Crippen LogP contribution in [0.15, 0.2) is 0 Å². The highest BCUT2D eigenvalue weighted by atomic mass is 31.2. The van der Waals surface area contributed by atoms with Gasteiger partial charge in [0.25, 0.3) is 0 Å². The fourth-order valence-corrected chi connectivity index (χ4v) is 1.30. The lowest BCUT2D eigenvalue weighted by atomic mass is 10.5. The summed E-state index contributed by atoms with van der Waals surface area (Å²) in [4.78, 5) is 65.2. The van der Waals surface area contributed by atoms with Gasteiger partial charge >= 0.3 is 27.7 Å². The van der Waals surface area contributed by atoms with Gasteiger partial charge in [-0.1, -0.05) is 6.92 Å². The normalized spacial score (nSPS) is 10.5. The van der Waals surface area contributed by atoms with Crippen molar-refractivity contribution in [2.24, 2.45) is 0 Å². The number of phosphoric acid groups is 2. The van der Waals surface area contributed by atoms with Crippen molar-refractivity contribution in [3.8, 4) is 12.0 Å². The molecule has 0 aliphatic heterocycles. The molecule has 0 bridgehead atoms. The van der Waals surface area contributed by atoms with Crippen molar-refractivity contribution >= 4 is 39.4 Å². The molecule has 2 aromatic heterocycles. The Bertz CT molecular complexity index is 880. The third-order valence-electron chi connectivity index (χ3n) is 2.08. The molecule has 0 saturated carbocycles. The highest BCUT2D eigenvalue weighted by molar-refractivity contribution is 7.45. The number of rotatable bonds is 5. The van der Waals surface area contributed by atoms with Gasteiger partial charge in [-0.05, 0) is 20.3 Å². The molecule has 22 heteroatoms. The van der Waals surface area contributed by atoms with E-state index in [-0.39, 0.29) is 41.9 Å². The maximum Gasteiger partial charge on any atom is 0.466 e. The van der Waals surface area contributed by atoms with E-state index in [1.54, 1.807) is 0 Å². The fraction of sp³-hybridized carbons (Fsp3) is 0.500. The lowest BCUT2D eigenvalue weighted by Crippen LogP contribution is -2.11. The first kappa shape index (κ1) is 33.2. The number of hydrogen-bond donors (Lipinski definition) is 10. The van der Waals surface area contributed by atoms with Crippen LogP contribution in [0.25, 0.3) is 0 Å². The Morgan fingerprint density at radius 3 is 1.26 bits per heavy atom. The molecule has 0 unspecified atom stereocenters. The predicted octanol–water partition coefficient (Wildman–Crippen LogP) is -2.21. The maximum atomic E-state index is 8.88. The molecular weight excluding hydrogens is 506 g/mol. The van der Waals surface area contributed by atoms with E-state index in [2.05, 4.69) is 29.9 Å². The highest BCUT2D eigenvalue weighted by Crippen LogP contribution is 2.26. The van der Waals surface area contributed by atoms with Gasteiger partial charge in [-0.2, -0.15) is 29.9 Å². The van der Waals surface area contributed by atoms with E-state index in [1.807, 2.05) is 20.8 Å². The van der Waals surface area contributed by atoms with Crippen molar-refractivity contribution < 1.29 is 48.0 Å². The Morgan fingerprint density at radius 1 is 0.706 bits per heavy atom. The zero-order chi connectivity index (χ0) is 27.1. The second-order valence-corrected chi connectivity index (χ2v) is 7.76. The van der Waals surface area contributed by atoms with Crippen LogP contribution >= 0.6 is 15.6 Å².